The first-order chi connectivity index (χ1) is 6.35. The van der Waals surface area contributed by atoms with Crippen LogP contribution in [0.15, 0.2) is 0 Å². The molecule has 0 aromatic heterocycles. The van der Waals surface area contributed by atoms with Gasteiger partial charge >= 0.3 is 6.03 Å². The van der Waals surface area contributed by atoms with Gasteiger partial charge in [0.05, 0.1) is 6.54 Å². The van der Waals surface area contributed by atoms with E-state index in [4.69, 9.17) is 0 Å². The van der Waals surface area contributed by atoms with Gasteiger partial charge in [-0.25, -0.2) is 4.79 Å². The van der Waals surface area contributed by atoms with Crippen LogP contribution in [-0.2, 0) is 4.79 Å². The number of hydrogen-bond donors (Lipinski definition) is 3. The van der Waals surface area contributed by atoms with Crippen molar-refractivity contribution in [2.45, 2.75) is 33.2 Å². The third kappa shape index (κ3) is 7.39. The Labute approximate surface area is 84.6 Å². The Balaban J connectivity index is 3.70. The van der Waals surface area contributed by atoms with Gasteiger partial charge in [-0.3, -0.25) is 4.79 Å². The van der Waals surface area contributed by atoms with E-state index in [9.17, 15) is 9.59 Å². The van der Waals surface area contributed by atoms with Crippen molar-refractivity contribution in [3.05, 3.63) is 0 Å². The first kappa shape index (κ1) is 12.7. The molecule has 82 valence electrons. The molecule has 0 aliphatic rings. The summed E-state index contributed by atoms with van der Waals surface area (Å²) in [6, 6.07) is -0.323. The molecule has 0 aliphatic carbocycles. The smallest absolute Gasteiger partial charge is 0.315 e. The minimum absolute atomic E-state index is 0.00308. The molecule has 0 saturated carbocycles. The van der Waals surface area contributed by atoms with Crippen LogP contribution in [0, 0.1) is 0 Å². The summed E-state index contributed by atoms with van der Waals surface area (Å²) in [4.78, 5) is 22.1. The van der Waals surface area contributed by atoms with Crippen LogP contribution in [-0.4, -0.2) is 30.6 Å². The lowest BCUT2D eigenvalue weighted by Crippen LogP contribution is -2.47. The van der Waals surface area contributed by atoms with Gasteiger partial charge in [-0.2, -0.15) is 0 Å². The average Bonchev–Trinajstić information content (AvgIpc) is 1.98. The summed E-state index contributed by atoms with van der Waals surface area (Å²) in [5, 5.41) is 7.71. The van der Waals surface area contributed by atoms with Crippen molar-refractivity contribution in [3.8, 4) is 0 Å². The summed E-state index contributed by atoms with van der Waals surface area (Å²) in [6.45, 7) is 8.02. The molecule has 5 nitrogen and oxygen atoms in total. The summed E-state index contributed by atoms with van der Waals surface area (Å²) >= 11 is 0. The molecule has 0 bridgehead atoms. The Hall–Kier alpha value is -1.26. The van der Waals surface area contributed by atoms with E-state index in [0.717, 1.165) is 0 Å². The van der Waals surface area contributed by atoms with Crippen molar-refractivity contribution < 1.29 is 9.59 Å². The van der Waals surface area contributed by atoms with Crippen LogP contribution < -0.4 is 16.0 Å². The summed E-state index contributed by atoms with van der Waals surface area (Å²) < 4.78 is 0. The number of rotatable bonds is 3. The molecule has 0 unspecified atom stereocenters. The second-order valence-corrected chi connectivity index (χ2v) is 4.01. The lowest BCUT2D eigenvalue weighted by Gasteiger charge is -2.20. The second kappa shape index (κ2) is 5.47. The van der Waals surface area contributed by atoms with Crippen molar-refractivity contribution in [1.82, 2.24) is 16.0 Å². The third-order valence-electron chi connectivity index (χ3n) is 1.26. The summed E-state index contributed by atoms with van der Waals surface area (Å²) in [5.41, 5.74) is -0.264. The van der Waals surface area contributed by atoms with Crippen LogP contribution in [0.5, 0.6) is 0 Å². The molecular weight excluding hydrogens is 182 g/mol. The first-order valence-corrected chi connectivity index (χ1v) is 4.68. The monoisotopic (exact) mass is 201 g/mol. The maximum absolute atomic E-state index is 11.2. The van der Waals surface area contributed by atoms with Crippen molar-refractivity contribution >= 4 is 11.9 Å². The van der Waals surface area contributed by atoms with E-state index in [1.807, 2.05) is 27.7 Å². The molecule has 0 atom stereocenters. The highest BCUT2D eigenvalue weighted by Crippen LogP contribution is 1.96. The van der Waals surface area contributed by atoms with E-state index < -0.39 is 0 Å². The average molecular weight is 201 g/mol. The summed E-state index contributed by atoms with van der Waals surface area (Å²) in [5.74, 6) is -0.191. The van der Waals surface area contributed by atoms with E-state index >= 15 is 0 Å². The molecule has 0 radical (unpaired) electrons. The molecule has 0 aliphatic heterocycles. The highest BCUT2D eigenvalue weighted by molar-refractivity contribution is 5.84. The molecule has 0 aromatic carbocycles. The SMILES string of the molecule is CCNC(=O)NCC(=O)NC(C)(C)C. The Kier molecular flexibility index (Phi) is 4.97. The Morgan fingerprint density at radius 2 is 1.71 bits per heavy atom. The topological polar surface area (TPSA) is 70.2 Å². The zero-order valence-electron chi connectivity index (χ0n) is 9.23. The quantitative estimate of drug-likeness (QED) is 0.611. The van der Waals surface area contributed by atoms with Crippen molar-refractivity contribution in [2.75, 3.05) is 13.1 Å². The van der Waals surface area contributed by atoms with E-state index in [1.165, 1.54) is 0 Å². The molecule has 5 heteroatoms. The molecule has 0 fully saturated rings. The fraction of sp³-hybridized carbons (Fsp3) is 0.778. The number of amides is 3. The van der Waals surface area contributed by atoms with Crippen LogP contribution in [0.1, 0.15) is 27.7 Å². The molecule has 0 saturated heterocycles. The highest BCUT2D eigenvalue weighted by atomic mass is 16.2. The first-order valence-electron chi connectivity index (χ1n) is 4.68. The zero-order valence-corrected chi connectivity index (χ0v) is 9.23. The predicted molar refractivity (Wildman–Crippen MR) is 55.0 cm³/mol. The molecule has 0 rings (SSSR count). The number of hydrogen-bond acceptors (Lipinski definition) is 2. The van der Waals surface area contributed by atoms with Crippen molar-refractivity contribution in [2.24, 2.45) is 0 Å². The van der Waals surface area contributed by atoms with Crippen LogP contribution >= 0.6 is 0 Å². The highest BCUT2D eigenvalue weighted by Gasteiger charge is 2.13. The maximum Gasteiger partial charge on any atom is 0.315 e. The predicted octanol–water partition coefficient (Wildman–Crippen LogP) is 0.220. The van der Waals surface area contributed by atoms with Gasteiger partial charge in [0.2, 0.25) is 5.91 Å². The fourth-order valence-corrected chi connectivity index (χ4v) is 0.846. The standard InChI is InChI=1S/C9H19N3O2/c1-5-10-8(14)11-6-7(13)12-9(2,3)4/h5-6H2,1-4H3,(H,12,13)(H2,10,11,14). The van der Waals surface area contributed by atoms with Crippen LogP contribution in [0.25, 0.3) is 0 Å². The van der Waals surface area contributed by atoms with E-state index in [1.54, 1.807) is 0 Å². The van der Waals surface area contributed by atoms with E-state index in [0.29, 0.717) is 6.54 Å². The molecule has 0 spiro atoms. The normalized spacial score (nSPS) is 10.6. The zero-order chi connectivity index (χ0) is 11.2. The molecule has 3 amide bonds. The van der Waals surface area contributed by atoms with E-state index in [-0.39, 0.29) is 24.0 Å². The lowest BCUT2D eigenvalue weighted by molar-refractivity contribution is -0.121. The van der Waals surface area contributed by atoms with Gasteiger partial charge < -0.3 is 16.0 Å². The van der Waals surface area contributed by atoms with Gasteiger partial charge in [0.25, 0.3) is 0 Å². The Bertz CT molecular complexity index is 209. The third-order valence-corrected chi connectivity index (χ3v) is 1.26. The minimum Gasteiger partial charge on any atom is -0.350 e. The largest absolute Gasteiger partial charge is 0.350 e. The number of nitrogens with one attached hydrogen (secondary N) is 3. The van der Waals surface area contributed by atoms with Crippen LogP contribution in [0.3, 0.4) is 0 Å². The molecule has 0 heterocycles. The second-order valence-electron chi connectivity index (χ2n) is 4.01. The van der Waals surface area contributed by atoms with Gasteiger partial charge in [-0.05, 0) is 27.7 Å². The minimum atomic E-state index is -0.323. The van der Waals surface area contributed by atoms with Crippen molar-refractivity contribution in [3.63, 3.8) is 0 Å². The van der Waals surface area contributed by atoms with Gasteiger partial charge in [-0.1, -0.05) is 0 Å². The summed E-state index contributed by atoms with van der Waals surface area (Å²) in [6.07, 6.45) is 0. The number of urea groups is 1. The van der Waals surface area contributed by atoms with Crippen molar-refractivity contribution in [1.29, 1.82) is 0 Å². The summed E-state index contributed by atoms with van der Waals surface area (Å²) in [7, 11) is 0. The molecule has 0 aromatic rings. The van der Waals surface area contributed by atoms with Gasteiger partial charge in [0.15, 0.2) is 0 Å². The van der Waals surface area contributed by atoms with Crippen LogP contribution in [0.2, 0.25) is 0 Å². The lowest BCUT2D eigenvalue weighted by atomic mass is 10.1. The number of carbonyl (C=O) groups is 2. The van der Waals surface area contributed by atoms with Gasteiger partial charge in [0, 0.05) is 12.1 Å². The van der Waals surface area contributed by atoms with Gasteiger partial charge in [0.1, 0.15) is 0 Å². The Morgan fingerprint density at radius 1 is 1.14 bits per heavy atom. The fourth-order valence-electron chi connectivity index (χ4n) is 0.846. The molecular formula is C9H19N3O2. The molecule has 3 N–H and O–H groups in total. The Morgan fingerprint density at radius 3 is 2.14 bits per heavy atom. The molecule has 14 heavy (non-hydrogen) atoms. The maximum atomic E-state index is 11.2. The number of carbonyl (C=O) groups excluding carboxylic acids is 2. The van der Waals surface area contributed by atoms with Gasteiger partial charge in [-0.15, -0.1) is 0 Å². The van der Waals surface area contributed by atoms with Crippen LogP contribution in [0.4, 0.5) is 4.79 Å². The van der Waals surface area contributed by atoms with E-state index in [2.05, 4.69) is 16.0 Å².